The Morgan fingerprint density at radius 2 is 2.12 bits per heavy atom. The number of anilines is 1. The van der Waals surface area contributed by atoms with Gasteiger partial charge >= 0.3 is 5.97 Å². The summed E-state index contributed by atoms with van der Waals surface area (Å²) in [6, 6.07) is 7.39. The molecule has 1 aromatic carbocycles. The molecule has 124 valence electrons. The van der Waals surface area contributed by atoms with Gasteiger partial charge in [-0.1, -0.05) is 30.7 Å². The number of hydrogen-bond donors (Lipinski definition) is 1. The predicted molar refractivity (Wildman–Crippen MR) is 91.0 cm³/mol. The Labute approximate surface area is 143 Å². The molecule has 0 saturated heterocycles. The van der Waals surface area contributed by atoms with Crippen LogP contribution in [0, 0.1) is 0 Å². The van der Waals surface area contributed by atoms with Crippen molar-refractivity contribution in [1.29, 1.82) is 0 Å². The van der Waals surface area contributed by atoms with Gasteiger partial charge in [0.1, 0.15) is 0 Å². The van der Waals surface area contributed by atoms with Crippen molar-refractivity contribution in [1.82, 2.24) is 19.8 Å². The smallest absolute Gasteiger partial charge is 0.362 e. The molecule has 0 aliphatic carbocycles. The van der Waals surface area contributed by atoms with Gasteiger partial charge in [0.2, 0.25) is 5.69 Å². The fraction of sp³-hybridized carbons (Fsp3) is 0.250. The Balaban J connectivity index is 2.24. The van der Waals surface area contributed by atoms with Gasteiger partial charge in [-0.05, 0) is 31.0 Å². The lowest BCUT2D eigenvalue weighted by Crippen LogP contribution is -2.15. The molecule has 0 fully saturated rings. The summed E-state index contributed by atoms with van der Waals surface area (Å²) in [4.78, 5) is 11.9. The van der Waals surface area contributed by atoms with E-state index < -0.39 is 5.97 Å². The molecule has 0 unspecified atom stereocenters. The highest BCUT2D eigenvalue weighted by Gasteiger charge is 2.22. The van der Waals surface area contributed by atoms with Crippen LogP contribution in [0.5, 0.6) is 0 Å². The maximum atomic E-state index is 11.9. The number of esters is 1. The fourth-order valence-electron chi connectivity index (χ4n) is 2.49. The zero-order valence-corrected chi connectivity index (χ0v) is 14.0. The predicted octanol–water partition coefficient (Wildman–Crippen LogP) is 2.77. The Morgan fingerprint density at radius 3 is 2.79 bits per heavy atom. The number of nitrogens with zero attached hydrogens (tertiary/aromatic N) is 4. The van der Waals surface area contributed by atoms with Crippen molar-refractivity contribution in [3.05, 3.63) is 40.7 Å². The van der Waals surface area contributed by atoms with Crippen LogP contribution in [0.2, 0.25) is 5.02 Å². The second kappa shape index (κ2) is 6.45. The molecule has 7 nitrogen and oxygen atoms in total. The van der Waals surface area contributed by atoms with Gasteiger partial charge in [0, 0.05) is 5.02 Å². The molecule has 0 bridgehead atoms. The third kappa shape index (κ3) is 2.67. The molecular formula is C16H16ClN5O2. The highest BCUT2D eigenvalue weighted by atomic mass is 35.5. The second-order valence-corrected chi connectivity index (χ2v) is 5.51. The maximum Gasteiger partial charge on any atom is 0.362 e. The highest BCUT2D eigenvalue weighted by Crippen LogP contribution is 2.30. The molecule has 2 N–H and O–H groups in total. The van der Waals surface area contributed by atoms with E-state index in [-0.39, 0.29) is 18.1 Å². The molecule has 0 aliphatic heterocycles. The number of benzene rings is 1. The average molecular weight is 346 g/mol. The van der Waals surface area contributed by atoms with Crippen molar-refractivity contribution < 1.29 is 9.53 Å². The topological polar surface area (TPSA) is 95.4 Å². The number of halogens is 1. The highest BCUT2D eigenvalue weighted by molar-refractivity contribution is 6.30. The summed E-state index contributed by atoms with van der Waals surface area (Å²) < 4.78 is 6.37. The zero-order valence-electron chi connectivity index (χ0n) is 13.3. The van der Waals surface area contributed by atoms with Crippen LogP contribution in [0.4, 0.5) is 5.82 Å². The summed E-state index contributed by atoms with van der Waals surface area (Å²) in [5, 5.41) is 13.2. The molecule has 0 atom stereocenters. The number of hydrogen-bond acceptors (Lipinski definition) is 6. The van der Waals surface area contributed by atoms with Gasteiger partial charge in [-0.25, -0.2) is 4.79 Å². The summed E-state index contributed by atoms with van der Waals surface area (Å²) in [6.45, 7) is 3.91. The molecule has 8 heteroatoms. The lowest BCUT2D eigenvalue weighted by atomic mass is 10.0. The third-order valence-corrected chi connectivity index (χ3v) is 3.80. The van der Waals surface area contributed by atoms with Crippen molar-refractivity contribution in [2.24, 2.45) is 0 Å². The summed E-state index contributed by atoms with van der Waals surface area (Å²) in [5.74, 6) is -0.524. The van der Waals surface area contributed by atoms with Gasteiger partial charge in [0.05, 0.1) is 17.9 Å². The Kier molecular flexibility index (Phi) is 4.35. The van der Waals surface area contributed by atoms with Crippen LogP contribution in [0.25, 0.3) is 16.8 Å². The first kappa shape index (κ1) is 16.2. The van der Waals surface area contributed by atoms with Crippen LogP contribution in [0.1, 0.15) is 30.0 Å². The third-order valence-electron chi connectivity index (χ3n) is 3.57. The largest absolute Gasteiger partial charge is 0.461 e. The Bertz CT molecular complexity index is 922. The number of fused-ring (bicyclic) bond motifs is 1. The molecule has 24 heavy (non-hydrogen) atoms. The monoisotopic (exact) mass is 345 g/mol. The van der Waals surface area contributed by atoms with E-state index >= 15 is 0 Å². The minimum Gasteiger partial charge on any atom is -0.461 e. The zero-order chi connectivity index (χ0) is 17.3. The number of aryl methyl sites for hydroxylation is 1. The number of ether oxygens (including phenoxy) is 1. The van der Waals surface area contributed by atoms with E-state index in [1.165, 1.54) is 4.52 Å². The van der Waals surface area contributed by atoms with Crippen molar-refractivity contribution in [2.45, 2.75) is 20.3 Å². The normalized spacial score (nSPS) is 11.0. The molecule has 0 amide bonds. The summed E-state index contributed by atoms with van der Waals surface area (Å²) in [5.41, 5.74) is 8.95. The number of carbonyl (C=O) groups is 1. The molecule has 3 rings (SSSR count). The maximum absolute atomic E-state index is 11.9. The van der Waals surface area contributed by atoms with Crippen molar-refractivity contribution in [3.8, 4) is 11.1 Å². The molecule has 2 heterocycles. The fourth-order valence-corrected chi connectivity index (χ4v) is 2.68. The Morgan fingerprint density at radius 1 is 1.33 bits per heavy atom. The van der Waals surface area contributed by atoms with Crippen LogP contribution < -0.4 is 5.73 Å². The standard InChI is InChI=1S/C16H16ClN5O2/c1-3-11-12(9-6-5-7-10(17)8-9)15-20-19-13(16(23)24-4-2)14(18)22(15)21-11/h5-8H,3-4,18H2,1-2H3. The number of rotatable bonds is 4. The van der Waals surface area contributed by atoms with Crippen LogP contribution in [-0.4, -0.2) is 32.4 Å². The molecular weight excluding hydrogens is 330 g/mol. The SMILES string of the molecule is CCOC(=O)c1nnc2c(-c3cccc(Cl)c3)c(CC)nn2c1N. The molecule has 3 aromatic rings. The number of aromatic nitrogens is 4. The lowest BCUT2D eigenvalue weighted by Gasteiger charge is -2.05. The first-order chi connectivity index (χ1) is 11.6. The number of nitrogens with two attached hydrogens (primary N) is 1. The molecule has 2 aromatic heterocycles. The van der Waals surface area contributed by atoms with Gasteiger partial charge in [0.25, 0.3) is 0 Å². The van der Waals surface area contributed by atoms with Crippen molar-refractivity contribution in [3.63, 3.8) is 0 Å². The first-order valence-corrected chi connectivity index (χ1v) is 7.91. The van der Waals surface area contributed by atoms with Gasteiger partial charge < -0.3 is 10.5 Å². The van der Waals surface area contributed by atoms with E-state index in [1.54, 1.807) is 13.0 Å². The van der Waals surface area contributed by atoms with Crippen LogP contribution in [0.3, 0.4) is 0 Å². The van der Waals surface area contributed by atoms with E-state index in [9.17, 15) is 4.79 Å². The van der Waals surface area contributed by atoms with Crippen LogP contribution in [0.15, 0.2) is 24.3 Å². The van der Waals surface area contributed by atoms with Gasteiger partial charge in [-0.2, -0.15) is 9.61 Å². The van der Waals surface area contributed by atoms with E-state index in [0.717, 1.165) is 16.8 Å². The van der Waals surface area contributed by atoms with Crippen LogP contribution >= 0.6 is 11.6 Å². The lowest BCUT2D eigenvalue weighted by molar-refractivity contribution is 0.0519. The van der Waals surface area contributed by atoms with Crippen LogP contribution in [-0.2, 0) is 11.2 Å². The summed E-state index contributed by atoms with van der Waals surface area (Å²) in [6.07, 6.45) is 0.666. The van der Waals surface area contributed by atoms with Gasteiger partial charge in [-0.15, -0.1) is 10.2 Å². The van der Waals surface area contributed by atoms with Gasteiger partial charge in [0.15, 0.2) is 11.5 Å². The van der Waals surface area contributed by atoms with Gasteiger partial charge in [-0.3, -0.25) is 0 Å². The molecule has 0 saturated carbocycles. The molecule has 0 spiro atoms. The molecule has 0 radical (unpaired) electrons. The Hall–Kier alpha value is -2.67. The first-order valence-electron chi connectivity index (χ1n) is 7.53. The summed E-state index contributed by atoms with van der Waals surface area (Å²) in [7, 11) is 0. The minimum atomic E-state index is -0.623. The number of nitrogen functional groups attached to an aromatic ring is 1. The summed E-state index contributed by atoms with van der Waals surface area (Å²) >= 11 is 6.09. The van der Waals surface area contributed by atoms with E-state index in [1.807, 2.05) is 25.1 Å². The molecule has 0 aliphatic rings. The quantitative estimate of drug-likeness (QED) is 0.730. The second-order valence-electron chi connectivity index (χ2n) is 5.08. The van der Waals surface area contributed by atoms with E-state index in [2.05, 4.69) is 15.3 Å². The average Bonchev–Trinajstić information content (AvgIpc) is 2.95. The number of carbonyl (C=O) groups excluding carboxylic acids is 1. The van der Waals surface area contributed by atoms with E-state index in [4.69, 9.17) is 22.1 Å². The van der Waals surface area contributed by atoms with Crippen molar-refractivity contribution >= 4 is 29.0 Å². The minimum absolute atomic E-state index is 0.0489. The van der Waals surface area contributed by atoms with E-state index in [0.29, 0.717) is 17.1 Å². The van der Waals surface area contributed by atoms with Crippen molar-refractivity contribution in [2.75, 3.05) is 12.3 Å².